The van der Waals surface area contributed by atoms with Crippen LogP contribution in [0.4, 0.5) is 11.4 Å². The lowest BCUT2D eigenvalue weighted by Crippen LogP contribution is -2.14. The monoisotopic (exact) mass is 687 g/mol. The molecular formula is C52H49N. The minimum absolute atomic E-state index is 0.00878. The lowest BCUT2D eigenvalue weighted by Gasteiger charge is -2.23. The molecule has 0 fully saturated rings. The number of fused-ring (bicyclic) bond motifs is 6. The Kier molecular flexibility index (Phi) is 8.50. The maximum Gasteiger partial charge on any atom is 0.0393 e. The molecular weight excluding hydrogens is 639 g/mol. The SMILES string of the molecule is CC(C)(C)c1cc(Nc2ccc(-c3ccccc3)cc2)cc(-c2cccc3c2-c2ccccc2C3(C)C)c1.CC1(C)c2ccccc2-c2ccccc21. The minimum atomic E-state index is -0.00878. The second kappa shape index (κ2) is 13.1. The van der Waals surface area contributed by atoms with Gasteiger partial charge in [-0.25, -0.2) is 0 Å². The van der Waals surface area contributed by atoms with Crippen molar-refractivity contribution in [3.8, 4) is 44.5 Å². The van der Waals surface area contributed by atoms with Crippen molar-refractivity contribution in [1.82, 2.24) is 0 Å². The molecule has 0 heterocycles. The predicted octanol–water partition coefficient (Wildman–Crippen LogP) is 14.4. The van der Waals surface area contributed by atoms with Crippen molar-refractivity contribution >= 4 is 11.4 Å². The van der Waals surface area contributed by atoms with Gasteiger partial charge in [0.25, 0.3) is 0 Å². The first-order chi connectivity index (χ1) is 25.4. The lowest BCUT2D eigenvalue weighted by molar-refractivity contribution is 0.591. The molecule has 0 spiro atoms. The van der Waals surface area contributed by atoms with Gasteiger partial charge in [0.1, 0.15) is 0 Å². The van der Waals surface area contributed by atoms with Crippen LogP contribution in [-0.2, 0) is 16.2 Å². The topological polar surface area (TPSA) is 12.0 Å². The van der Waals surface area contributed by atoms with Crippen molar-refractivity contribution in [3.05, 3.63) is 192 Å². The molecule has 0 amide bonds. The van der Waals surface area contributed by atoms with Gasteiger partial charge in [-0.15, -0.1) is 0 Å². The highest BCUT2D eigenvalue weighted by Gasteiger charge is 2.37. The van der Waals surface area contributed by atoms with Gasteiger partial charge in [-0.1, -0.05) is 188 Å². The van der Waals surface area contributed by atoms with Crippen molar-refractivity contribution in [3.63, 3.8) is 0 Å². The van der Waals surface area contributed by atoms with Crippen LogP contribution in [0.25, 0.3) is 44.5 Å². The van der Waals surface area contributed by atoms with E-state index in [1.165, 1.54) is 72.3 Å². The summed E-state index contributed by atoms with van der Waals surface area (Å²) < 4.78 is 0. The maximum atomic E-state index is 3.71. The average molecular weight is 688 g/mol. The van der Waals surface area contributed by atoms with Gasteiger partial charge < -0.3 is 5.32 Å². The van der Waals surface area contributed by atoms with Gasteiger partial charge in [-0.3, -0.25) is 0 Å². The van der Waals surface area contributed by atoms with Crippen molar-refractivity contribution in [2.75, 3.05) is 5.32 Å². The molecule has 0 bridgehead atoms. The number of benzene rings is 7. The van der Waals surface area contributed by atoms with Gasteiger partial charge in [0.05, 0.1) is 0 Å². The normalized spacial score (nSPS) is 14.2. The second-order valence-electron chi connectivity index (χ2n) is 16.7. The van der Waals surface area contributed by atoms with Gasteiger partial charge in [0.2, 0.25) is 0 Å². The molecule has 7 aromatic carbocycles. The summed E-state index contributed by atoms with van der Waals surface area (Å²) in [7, 11) is 0. The third-order valence-electron chi connectivity index (χ3n) is 11.5. The van der Waals surface area contributed by atoms with Gasteiger partial charge in [0, 0.05) is 22.2 Å². The summed E-state index contributed by atoms with van der Waals surface area (Å²) >= 11 is 0. The molecule has 0 aliphatic heterocycles. The second-order valence-corrected chi connectivity index (χ2v) is 16.7. The lowest BCUT2D eigenvalue weighted by atomic mass is 9.81. The Morgan fingerprint density at radius 3 is 1.45 bits per heavy atom. The van der Waals surface area contributed by atoms with E-state index in [9.17, 15) is 0 Å². The highest BCUT2D eigenvalue weighted by atomic mass is 14.9. The van der Waals surface area contributed by atoms with E-state index in [1.54, 1.807) is 0 Å². The molecule has 2 aliphatic carbocycles. The summed E-state index contributed by atoms with van der Waals surface area (Å²) in [6.45, 7) is 16.2. The summed E-state index contributed by atoms with van der Waals surface area (Å²) in [5.41, 5.74) is 20.0. The standard InChI is InChI=1S/C37H35N.C15H14/c1-36(2,3)28-22-27(31-15-11-17-34-35(31)32-14-9-10-16-33(32)37(34,4)5)23-30(24-28)38-29-20-18-26(19-21-29)25-12-7-6-8-13-25;1-15(2)13-9-5-3-7-11(13)12-8-4-6-10-14(12)15/h6-24,38H,1-5H3;3-10H,1-2H3. The van der Waals surface area contributed by atoms with Crippen LogP contribution in [0.15, 0.2) is 164 Å². The van der Waals surface area contributed by atoms with Crippen molar-refractivity contribution in [1.29, 1.82) is 0 Å². The fraction of sp³-hybridized carbons (Fsp3) is 0.192. The zero-order chi connectivity index (χ0) is 37.0. The average Bonchev–Trinajstić information content (AvgIpc) is 3.55. The summed E-state index contributed by atoms with van der Waals surface area (Å²) in [6, 6.07) is 59.4. The fourth-order valence-corrected chi connectivity index (χ4v) is 8.50. The molecule has 9 rings (SSSR count). The van der Waals surface area contributed by atoms with Crippen molar-refractivity contribution in [2.45, 2.75) is 64.7 Å². The Hall–Kier alpha value is -5.66. The number of rotatable bonds is 4. The Morgan fingerprint density at radius 2 is 0.849 bits per heavy atom. The zero-order valence-electron chi connectivity index (χ0n) is 32.1. The smallest absolute Gasteiger partial charge is 0.0393 e. The quantitative estimate of drug-likeness (QED) is 0.194. The molecule has 7 aromatic rings. The number of hydrogen-bond donors (Lipinski definition) is 1. The molecule has 1 nitrogen and oxygen atoms in total. The van der Waals surface area contributed by atoms with Crippen LogP contribution in [0.5, 0.6) is 0 Å². The Bertz CT molecular complexity index is 2390. The first-order valence-electron chi connectivity index (χ1n) is 18.9. The molecule has 0 aromatic heterocycles. The minimum Gasteiger partial charge on any atom is -0.356 e. The van der Waals surface area contributed by atoms with E-state index >= 15 is 0 Å². The number of anilines is 2. The predicted molar refractivity (Wildman–Crippen MR) is 227 cm³/mol. The van der Waals surface area contributed by atoms with Crippen LogP contribution in [0.3, 0.4) is 0 Å². The van der Waals surface area contributed by atoms with Crippen molar-refractivity contribution < 1.29 is 0 Å². The van der Waals surface area contributed by atoms with E-state index in [1.807, 2.05) is 0 Å². The summed E-state index contributed by atoms with van der Waals surface area (Å²) in [6.07, 6.45) is 0. The van der Waals surface area contributed by atoms with Gasteiger partial charge in [0.15, 0.2) is 0 Å². The first kappa shape index (κ1) is 34.4. The van der Waals surface area contributed by atoms with E-state index in [0.717, 1.165) is 11.4 Å². The van der Waals surface area contributed by atoms with Crippen LogP contribution < -0.4 is 5.32 Å². The Balaban J connectivity index is 0.000000221. The van der Waals surface area contributed by atoms with Crippen LogP contribution in [0, 0.1) is 0 Å². The Morgan fingerprint density at radius 1 is 0.377 bits per heavy atom. The third-order valence-corrected chi connectivity index (χ3v) is 11.5. The maximum absolute atomic E-state index is 3.71. The molecule has 0 unspecified atom stereocenters. The van der Waals surface area contributed by atoms with Gasteiger partial charge in [-0.2, -0.15) is 0 Å². The summed E-state index contributed by atoms with van der Waals surface area (Å²) in [5.74, 6) is 0. The van der Waals surface area contributed by atoms with Crippen molar-refractivity contribution in [2.24, 2.45) is 0 Å². The molecule has 0 saturated carbocycles. The molecule has 262 valence electrons. The van der Waals surface area contributed by atoms with E-state index in [-0.39, 0.29) is 16.2 Å². The first-order valence-corrected chi connectivity index (χ1v) is 18.9. The molecule has 1 heteroatoms. The summed E-state index contributed by atoms with van der Waals surface area (Å²) in [5, 5.41) is 3.71. The Labute approximate surface area is 316 Å². The highest BCUT2D eigenvalue weighted by molar-refractivity contribution is 5.93. The van der Waals surface area contributed by atoms with E-state index in [0.29, 0.717) is 0 Å². The van der Waals surface area contributed by atoms with Crippen LogP contribution in [0.1, 0.15) is 76.3 Å². The van der Waals surface area contributed by atoms with Crippen LogP contribution in [-0.4, -0.2) is 0 Å². The number of hydrogen-bond acceptors (Lipinski definition) is 1. The molecule has 1 N–H and O–H groups in total. The third kappa shape index (κ3) is 6.19. The fourth-order valence-electron chi connectivity index (χ4n) is 8.50. The molecule has 53 heavy (non-hydrogen) atoms. The summed E-state index contributed by atoms with van der Waals surface area (Å²) in [4.78, 5) is 0. The van der Waals surface area contributed by atoms with E-state index < -0.39 is 0 Å². The molecule has 0 saturated heterocycles. The molecule has 0 atom stereocenters. The highest BCUT2D eigenvalue weighted by Crippen LogP contribution is 2.52. The van der Waals surface area contributed by atoms with Crippen LogP contribution in [0.2, 0.25) is 0 Å². The van der Waals surface area contributed by atoms with Crippen LogP contribution >= 0.6 is 0 Å². The van der Waals surface area contributed by atoms with Gasteiger partial charge >= 0.3 is 0 Å². The molecule has 2 aliphatic rings. The molecule has 0 radical (unpaired) electrons. The van der Waals surface area contributed by atoms with E-state index in [2.05, 4.69) is 218 Å². The van der Waals surface area contributed by atoms with Gasteiger partial charge in [-0.05, 0) is 102 Å². The number of nitrogens with one attached hydrogen (secondary N) is 1. The van der Waals surface area contributed by atoms with E-state index in [4.69, 9.17) is 0 Å². The zero-order valence-corrected chi connectivity index (χ0v) is 32.1. The largest absolute Gasteiger partial charge is 0.356 e.